The standard InChI is InChI=1S/C20H22FN3O3S.C2H6/c1-11-5-6-14(13(21)9-11)23-18-16(19(26)22-7-4-8-25)17-15(12(2)10-28-17)20(27)24(18)3;1-2/h5-6,9-10,23,25H,4,7-8H2,1-3H3,(H,22,26);1-2H3. The lowest BCUT2D eigenvalue weighted by atomic mass is 10.1. The van der Waals surface area contributed by atoms with Crippen LogP contribution in [0.3, 0.4) is 0 Å². The van der Waals surface area contributed by atoms with Crippen LogP contribution in [0.25, 0.3) is 10.1 Å². The van der Waals surface area contributed by atoms with Gasteiger partial charge < -0.3 is 15.7 Å². The molecule has 0 aliphatic rings. The Balaban J connectivity index is 0.00000155. The quantitative estimate of drug-likeness (QED) is 0.508. The molecule has 0 fully saturated rings. The van der Waals surface area contributed by atoms with Crippen LogP contribution in [-0.4, -0.2) is 28.7 Å². The van der Waals surface area contributed by atoms with Gasteiger partial charge in [0.2, 0.25) is 0 Å². The summed E-state index contributed by atoms with van der Waals surface area (Å²) >= 11 is 1.31. The van der Waals surface area contributed by atoms with E-state index in [1.165, 1.54) is 22.0 Å². The Kier molecular flexibility index (Phi) is 8.14. The van der Waals surface area contributed by atoms with E-state index in [0.29, 0.717) is 23.1 Å². The van der Waals surface area contributed by atoms with Crippen LogP contribution in [-0.2, 0) is 7.05 Å². The molecule has 8 heteroatoms. The normalized spacial score (nSPS) is 10.5. The number of aliphatic hydroxyl groups is 1. The summed E-state index contributed by atoms with van der Waals surface area (Å²) in [6, 6.07) is 4.71. The summed E-state index contributed by atoms with van der Waals surface area (Å²) in [4.78, 5) is 25.8. The lowest BCUT2D eigenvalue weighted by Gasteiger charge is -2.17. The fourth-order valence-corrected chi connectivity index (χ4v) is 4.10. The van der Waals surface area contributed by atoms with E-state index in [1.54, 1.807) is 26.1 Å². The number of amides is 1. The first-order valence-electron chi connectivity index (χ1n) is 9.88. The molecule has 3 aromatic rings. The van der Waals surface area contributed by atoms with Gasteiger partial charge in [0, 0.05) is 20.2 Å². The lowest BCUT2D eigenvalue weighted by Crippen LogP contribution is -2.30. The maximum absolute atomic E-state index is 14.4. The third kappa shape index (κ3) is 4.71. The van der Waals surface area contributed by atoms with Crippen molar-refractivity contribution in [3.8, 4) is 0 Å². The van der Waals surface area contributed by atoms with Crippen molar-refractivity contribution >= 4 is 38.8 Å². The Bertz CT molecular complexity index is 1110. The number of fused-ring (bicyclic) bond motifs is 1. The van der Waals surface area contributed by atoms with Gasteiger partial charge in [-0.3, -0.25) is 14.2 Å². The topological polar surface area (TPSA) is 83.4 Å². The number of aliphatic hydroxyl groups excluding tert-OH is 1. The average Bonchev–Trinajstić information content (AvgIpc) is 3.10. The van der Waals surface area contributed by atoms with Gasteiger partial charge in [-0.05, 0) is 48.9 Å². The smallest absolute Gasteiger partial charge is 0.260 e. The van der Waals surface area contributed by atoms with Gasteiger partial charge in [0.25, 0.3) is 11.5 Å². The number of benzene rings is 1. The highest BCUT2D eigenvalue weighted by molar-refractivity contribution is 7.17. The van der Waals surface area contributed by atoms with E-state index in [0.717, 1.165) is 11.1 Å². The minimum atomic E-state index is -0.471. The molecule has 2 aromatic heterocycles. The molecule has 3 rings (SSSR count). The van der Waals surface area contributed by atoms with Crippen molar-refractivity contribution in [2.75, 3.05) is 18.5 Å². The van der Waals surface area contributed by atoms with E-state index in [1.807, 2.05) is 26.2 Å². The summed E-state index contributed by atoms with van der Waals surface area (Å²) in [7, 11) is 1.55. The summed E-state index contributed by atoms with van der Waals surface area (Å²) < 4.78 is 16.3. The predicted molar refractivity (Wildman–Crippen MR) is 122 cm³/mol. The number of anilines is 2. The number of nitrogens with one attached hydrogen (secondary N) is 2. The van der Waals surface area contributed by atoms with E-state index < -0.39 is 5.82 Å². The Morgan fingerprint density at radius 3 is 2.60 bits per heavy atom. The van der Waals surface area contributed by atoms with E-state index in [9.17, 15) is 14.0 Å². The zero-order valence-corrected chi connectivity index (χ0v) is 18.7. The van der Waals surface area contributed by atoms with Crippen LogP contribution >= 0.6 is 11.3 Å². The van der Waals surface area contributed by atoms with Crippen LogP contribution in [0, 0.1) is 19.7 Å². The number of carbonyl (C=O) groups is 1. The third-order valence-electron chi connectivity index (χ3n) is 4.52. The summed E-state index contributed by atoms with van der Waals surface area (Å²) in [6.45, 7) is 7.85. The van der Waals surface area contributed by atoms with Crippen molar-refractivity contribution in [2.45, 2.75) is 34.1 Å². The summed E-state index contributed by atoms with van der Waals surface area (Å²) in [5.74, 6) is -0.629. The molecular formula is C22H28FN3O3S. The highest BCUT2D eigenvalue weighted by atomic mass is 32.1. The van der Waals surface area contributed by atoms with Gasteiger partial charge in [0.05, 0.1) is 21.3 Å². The first-order valence-corrected chi connectivity index (χ1v) is 10.8. The first kappa shape index (κ1) is 23.6. The van der Waals surface area contributed by atoms with Crippen molar-refractivity contribution in [3.05, 3.63) is 56.4 Å². The van der Waals surface area contributed by atoms with E-state index >= 15 is 0 Å². The summed E-state index contributed by atoms with van der Waals surface area (Å²) in [5, 5.41) is 17.0. The van der Waals surface area contributed by atoms with Crippen LogP contribution in [0.1, 0.15) is 41.8 Å². The molecule has 3 N–H and O–H groups in total. The van der Waals surface area contributed by atoms with Gasteiger partial charge in [-0.2, -0.15) is 0 Å². The summed E-state index contributed by atoms with van der Waals surface area (Å²) in [6.07, 6.45) is 0.416. The van der Waals surface area contributed by atoms with Crippen molar-refractivity contribution < 1.29 is 14.3 Å². The molecule has 6 nitrogen and oxygen atoms in total. The first-order chi connectivity index (χ1) is 14.3. The third-order valence-corrected chi connectivity index (χ3v) is 5.63. The van der Waals surface area contributed by atoms with Gasteiger partial charge in [-0.15, -0.1) is 11.3 Å². The SMILES string of the molecule is CC.Cc1ccc(Nc2c(C(=O)NCCCO)c3scc(C)c3c(=O)n2C)c(F)c1. The molecule has 30 heavy (non-hydrogen) atoms. The largest absolute Gasteiger partial charge is 0.396 e. The number of hydrogen-bond acceptors (Lipinski definition) is 5. The van der Waals surface area contributed by atoms with Gasteiger partial charge >= 0.3 is 0 Å². The van der Waals surface area contributed by atoms with Crippen molar-refractivity contribution in [1.29, 1.82) is 0 Å². The second-order valence-electron chi connectivity index (χ2n) is 6.65. The number of thiophene rings is 1. The number of aromatic nitrogens is 1. The molecule has 0 bridgehead atoms. The number of aryl methyl sites for hydroxylation is 2. The summed E-state index contributed by atoms with van der Waals surface area (Å²) in [5.41, 5.74) is 1.77. The van der Waals surface area contributed by atoms with Gasteiger partial charge in [-0.1, -0.05) is 19.9 Å². The van der Waals surface area contributed by atoms with Crippen LogP contribution in [0.15, 0.2) is 28.4 Å². The zero-order valence-electron chi connectivity index (χ0n) is 17.9. The number of rotatable bonds is 6. The molecule has 0 unspecified atom stereocenters. The van der Waals surface area contributed by atoms with Gasteiger partial charge in [0.15, 0.2) is 0 Å². The molecule has 1 amide bonds. The number of carbonyl (C=O) groups excluding carboxylic acids is 1. The van der Waals surface area contributed by atoms with Crippen molar-refractivity contribution in [2.24, 2.45) is 7.05 Å². The van der Waals surface area contributed by atoms with Crippen LogP contribution in [0.4, 0.5) is 15.9 Å². The molecule has 0 aliphatic carbocycles. The Morgan fingerprint density at radius 2 is 1.97 bits per heavy atom. The molecule has 0 saturated heterocycles. The molecule has 0 atom stereocenters. The second kappa shape index (κ2) is 10.4. The fourth-order valence-electron chi connectivity index (χ4n) is 3.01. The molecule has 0 spiro atoms. The average molecular weight is 434 g/mol. The molecule has 1 aromatic carbocycles. The number of hydrogen-bond donors (Lipinski definition) is 3. The monoisotopic (exact) mass is 433 g/mol. The van der Waals surface area contributed by atoms with E-state index in [-0.39, 0.29) is 35.1 Å². The number of nitrogens with zero attached hydrogens (tertiary/aromatic N) is 1. The molecular weight excluding hydrogens is 405 g/mol. The minimum Gasteiger partial charge on any atom is -0.396 e. The predicted octanol–water partition coefficient (Wildman–Crippen LogP) is 4.24. The Hall–Kier alpha value is -2.71. The fraction of sp³-hybridized carbons (Fsp3) is 0.364. The Morgan fingerprint density at radius 1 is 1.27 bits per heavy atom. The van der Waals surface area contributed by atoms with Crippen molar-refractivity contribution in [3.63, 3.8) is 0 Å². The van der Waals surface area contributed by atoms with Gasteiger partial charge in [0.1, 0.15) is 11.6 Å². The zero-order chi connectivity index (χ0) is 22.4. The second-order valence-corrected chi connectivity index (χ2v) is 7.53. The highest BCUT2D eigenvalue weighted by Crippen LogP contribution is 2.32. The van der Waals surface area contributed by atoms with Crippen LogP contribution in [0.2, 0.25) is 0 Å². The highest BCUT2D eigenvalue weighted by Gasteiger charge is 2.23. The van der Waals surface area contributed by atoms with Crippen LogP contribution < -0.4 is 16.2 Å². The molecule has 0 aliphatic heterocycles. The van der Waals surface area contributed by atoms with E-state index in [2.05, 4.69) is 10.6 Å². The minimum absolute atomic E-state index is 0.0409. The van der Waals surface area contributed by atoms with Crippen LogP contribution in [0.5, 0.6) is 0 Å². The Labute approximate surface area is 179 Å². The molecule has 0 saturated carbocycles. The number of halogens is 1. The maximum atomic E-state index is 14.4. The van der Waals surface area contributed by atoms with Crippen molar-refractivity contribution in [1.82, 2.24) is 9.88 Å². The number of pyridine rings is 1. The molecule has 0 radical (unpaired) electrons. The lowest BCUT2D eigenvalue weighted by molar-refractivity contribution is 0.0953. The molecule has 2 heterocycles. The molecule has 162 valence electrons. The van der Waals surface area contributed by atoms with E-state index in [4.69, 9.17) is 5.11 Å². The van der Waals surface area contributed by atoms with Gasteiger partial charge in [-0.25, -0.2) is 4.39 Å². The maximum Gasteiger partial charge on any atom is 0.260 e.